The minimum atomic E-state index is -0.482. The van der Waals surface area contributed by atoms with Gasteiger partial charge in [0.2, 0.25) is 0 Å². The van der Waals surface area contributed by atoms with Crippen molar-refractivity contribution in [2.24, 2.45) is 0 Å². The van der Waals surface area contributed by atoms with Crippen molar-refractivity contribution < 1.29 is 28.5 Å². The summed E-state index contributed by atoms with van der Waals surface area (Å²) in [7, 11) is 0. The van der Waals surface area contributed by atoms with Crippen molar-refractivity contribution in [2.75, 3.05) is 26.4 Å². The molecule has 0 N–H and O–H groups in total. The van der Waals surface area contributed by atoms with Gasteiger partial charge in [-0.3, -0.25) is 9.59 Å². The number of Topliss-reactive ketones (excluding diaryl/α,β-unsaturated/α-hetero) is 1. The Kier molecular flexibility index (Phi) is 5.73. The lowest BCUT2D eigenvalue weighted by Gasteiger charge is -2.18. The first kappa shape index (κ1) is 17.8. The highest BCUT2D eigenvalue weighted by molar-refractivity contribution is 5.98. The molecule has 6 heteroatoms. The zero-order valence-electron chi connectivity index (χ0n) is 14.5. The molecule has 1 aliphatic heterocycles. The molecule has 3 rings (SSSR count). The quantitative estimate of drug-likeness (QED) is 0.561. The van der Waals surface area contributed by atoms with Crippen molar-refractivity contribution in [1.29, 1.82) is 0 Å². The zero-order chi connectivity index (χ0) is 18.4. The fraction of sp³-hybridized carbons (Fsp3) is 0.300. The third-order valence-corrected chi connectivity index (χ3v) is 3.89. The number of carbonyl (C=O) groups excluding carboxylic acids is 2. The van der Waals surface area contributed by atoms with Crippen LogP contribution < -0.4 is 14.2 Å². The summed E-state index contributed by atoms with van der Waals surface area (Å²) in [6.45, 7) is 2.74. The van der Waals surface area contributed by atoms with Crippen molar-refractivity contribution in [3.8, 4) is 17.2 Å². The number of aryl methyl sites for hydroxylation is 1. The normalized spacial score (nSPS) is 12.3. The van der Waals surface area contributed by atoms with E-state index in [0.29, 0.717) is 30.3 Å². The van der Waals surface area contributed by atoms with E-state index in [1.807, 2.05) is 31.2 Å². The second-order valence-electron chi connectivity index (χ2n) is 5.81. The summed E-state index contributed by atoms with van der Waals surface area (Å²) in [5.41, 5.74) is 1.41. The molecule has 0 amide bonds. The van der Waals surface area contributed by atoms with E-state index in [2.05, 4.69) is 0 Å². The molecule has 2 aromatic rings. The first-order valence-corrected chi connectivity index (χ1v) is 8.40. The Labute approximate surface area is 151 Å². The Morgan fingerprint density at radius 1 is 1.04 bits per heavy atom. The van der Waals surface area contributed by atoms with Crippen LogP contribution in [0.15, 0.2) is 42.5 Å². The minimum Gasteiger partial charge on any atom is -0.493 e. The molecule has 1 aliphatic rings. The Bertz CT molecular complexity index is 799. The monoisotopic (exact) mass is 356 g/mol. The van der Waals surface area contributed by atoms with Gasteiger partial charge in [0.1, 0.15) is 19.0 Å². The average Bonchev–Trinajstić information content (AvgIpc) is 2.67. The molecule has 0 aromatic heterocycles. The van der Waals surface area contributed by atoms with E-state index >= 15 is 0 Å². The van der Waals surface area contributed by atoms with E-state index in [9.17, 15) is 9.59 Å². The number of ketones is 1. The van der Waals surface area contributed by atoms with Gasteiger partial charge in [0.05, 0.1) is 13.0 Å². The lowest BCUT2D eigenvalue weighted by Crippen LogP contribution is -2.18. The lowest BCUT2D eigenvalue weighted by molar-refractivity contribution is -0.143. The predicted molar refractivity (Wildman–Crippen MR) is 94.0 cm³/mol. The number of fused-ring (bicyclic) bond motifs is 1. The van der Waals surface area contributed by atoms with Crippen LogP contribution in [0.3, 0.4) is 0 Å². The van der Waals surface area contributed by atoms with Crippen LogP contribution in [-0.4, -0.2) is 38.2 Å². The van der Waals surface area contributed by atoms with E-state index in [1.54, 1.807) is 18.2 Å². The summed E-state index contributed by atoms with van der Waals surface area (Å²) >= 11 is 0. The van der Waals surface area contributed by atoms with Gasteiger partial charge in [-0.1, -0.05) is 18.2 Å². The fourth-order valence-corrected chi connectivity index (χ4v) is 2.48. The highest BCUT2D eigenvalue weighted by atomic mass is 16.6. The summed E-state index contributed by atoms with van der Waals surface area (Å²) in [5.74, 6) is 1.09. The number of ether oxygens (including phenoxy) is 4. The number of para-hydroxylation sites is 1. The second-order valence-corrected chi connectivity index (χ2v) is 5.81. The number of hydrogen-bond donors (Lipinski definition) is 0. The van der Waals surface area contributed by atoms with E-state index in [-0.39, 0.29) is 25.4 Å². The van der Waals surface area contributed by atoms with Crippen LogP contribution in [0, 0.1) is 6.92 Å². The lowest BCUT2D eigenvalue weighted by atomic mass is 10.1. The van der Waals surface area contributed by atoms with Crippen molar-refractivity contribution in [3.63, 3.8) is 0 Å². The van der Waals surface area contributed by atoms with E-state index in [1.165, 1.54) is 0 Å². The van der Waals surface area contributed by atoms with Gasteiger partial charge in [0.15, 0.2) is 23.9 Å². The Morgan fingerprint density at radius 2 is 1.81 bits per heavy atom. The molecule has 26 heavy (non-hydrogen) atoms. The molecule has 0 fully saturated rings. The second kappa shape index (κ2) is 8.38. The van der Waals surface area contributed by atoms with E-state index < -0.39 is 5.97 Å². The highest BCUT2D eigenvalue weighted by Crippen LogP contribution is 2.30. The van der Waals surface area contributed by atoms with Crippen molar-refractivity contribution in [2.45, 2.75) is 13.3 Å². The summed E-state index contributed by atoms with van der Waals surface area (Å²) in [6.07, 6.45) is 0.0722. The standard InChI is InChI=1S/C20H20O6/c1-14-4-2-3-5-17(14)23-9-8-20(22)26-13-16(21)15-6-7-18-19(12-15)25-11-10-24-18/h2-7,12H,8-11,13H2,1H3. The van der Waals surface area contributed by atoms with Crippen LogP contribution in [0.5, 0.6) is 17.2 Å². The summed E-state index contributed by atoms with van der Waals surface area (Å²) in [4.78, 5) is 24.0. The van der Waals surface area contributed by atoms with Crippen molar-refractivity contribution in [1.82, 2.24) is 0 Å². The van der Waals surface area contributed by atoms with E-state index in [0.717, 1.165) is 11.3 Å². The van der Waals surface area contributed by atoms with Crippen LogP contribution in [-0.2, 0) is 9.53 Å². The Morgan fingerprint density at radius 3 is 2.62 bits per heavy atom. The van der Waals surface area contributed by atoms with Crippen LogP contribution in [0.2, 0.25) is 0 Å². The molecule has 1 heterocycles. The summed E-state index contributed by atoms with van der Waals surface area (Å²) < 4.78 is 21.4. The molecule has 6 nitrogen and oxygen atoms in total. The molecule has 0 saturated heterocycles. The smallest absolute Gasteiger partial charge is 0.309 e. The summed E-state index contributed by atoms with van der Waals surface area (Å²) in [6, 6.07) is 12.5. The largest absolute Gasteiger partial charge is 0.493 e. The first-order valence-electron chi connectivity index (χ1n) is 8.40. The number of hydrogen-bond acceptors (Lipinski definition) is 6. The predicted octanol–water partition coefficient (Wildman–Crippen LogP) is 2.96. The third-order valence-electron chi connectivity index (χ3n) is 3.89. The topological polar surface area (TPSA) is 71.1 Å². The number of carbonyl (C=O) groups is 2. The molecular formula is C20H20O6. The maximum Gasteiger partial charge on any atom is 0.309 e. The molecule has 0 atom stereocenters. The van der Waals surface area contributed by atoms with Crippen molar-refractivity contribution >= 4 is 11.8 Å². The molecule has 0 unspecified atom stereocenters. The van der Waals surface area contributed by atoms with Crippen LogP contribution in [0.1, 0.15) is 22.3 Å². The number of rotatable bonds is 7. The molecule has 136 valence electrons. The van der Waals surface area contributed by atoms with Crippen LogP contribution in [0.4, 0.5) is 0 Å². The first-order chi connectivity index (χ1) is 12.6. The summed E-state index contributed by atoms with van der Waals surface area (Å²) in [5, 5.41) is 0. The van der Waals surface area contributed by atoms with Crippen LogP contribution in [0.25, 0.3) is 0 Å². The maximum atomic E-state index is 12.2. The van der Waals surface area contributed by atoms with Gasteiger partial charge in [-0.15, -0.1) is 0 Å². The highest BCUT2D eigenvalue weighted by Gasteiger charge is 2.16. The van der Waals surface area contributed by atoms with Crippen molar-refractivity contribution in [3.05, 3.63) is 53.6 Å². The third kappa shape index (κ3) is 4.53. The SMILES string of the molecule is Cc1ccccc1OCCC(=O)OCC(=O)c1ccc2c(c1)OCCO2. The Balaban J connectivity index is 1.44. The molecular weight excluding hydrogens is 336 g/mol. The molecule has 0 bridgehead atoms. The molecule has 0 radical (unpaired) electrons. The van der Waals surface area contributed by atoms with Gasteiger partial charge >= 0.3 is 5.97 Å². The molecule has 0 saturated carbocycles. The van der Waals surface area contributed by atoms with Gasteiger partial charge in [0, 0.05) is 5.56 Å². The molecule has 2 aromatic carbocycles. The molecule has 0 spiro atoms. The Hall–Kier alpha value is -3.02. The van der Waals surface area contributed by atoms with Gasteiger partial charge in [-0.2, -0.15) is 0 Å². The fourth-order valence-electron chi connectivity index (χ4n) is 2.48. The number of benzene rings is 2. The van der Waals surface area contributed by atoms with Gasteiger partial charge in [-0.25, -0.2) is 0 Å². The number of esters is 1. The van der Waals surface area contributed by atoms with Crippen LogP contribution >= 0.6 is 0 Å². The van der Waals surface area contributed by atoms with Gasteiger partial charge in [-0.05, 0) is 36.8 Å². The van der Waals surface area contributed by atoms with Gasteiger partial charge in [0.25, 0.3) is 0 Å². The van der Waals surface area contributed by atoms with E-state index in [4.69, 9.17) is 18.9 Å². The molecule has 0 aliphatic carbocycles. The zero-order valence-corrected chi connectivity index (χ0v) is 14.5. The maximum absolute atomic E-state index is 12.2. The minimum absolute atomic E-state index is 0.0722. The average molecular weight is 356 g/mol. The van der Waals surface area contributed by atoms with Gasteiger partial charge < -0.3 is 18.9 Å².